The van der Waals surface area contributed by atoms with Crippen LogP contribution in [-0.2, 0) is 9.59 Å². The van der Waals surface area contributed by atoms with Gasteiger partial charge in [-0.15, -0.1) is 24.8 Å². The lowest BCUT2D eigenvalue weighted by molar-refractivity contribution is -0.124. The zero-order chi connectivity index (χ0) is 9.71. The van der Waals surface area contributed by atoms with Crippen LogP contribution in [0.5, 0.6) is 0 Å². The van der Waals surface area contributed by atoms with Gasteiger partial charge in [-0.25, -0.2) is 9.98 Å². The first kappa shape index (κ1) is 12.6. The Balaban J connectivity index is 0.000000640. The molecule has 3 rings (SSSR count). The van der Waals surface area contributed by atoms with Crippen molar-refractivity contribution in [2.45, 2.75) is 6.42 Å². The van der Waals surface area contributed by atoms with Crippen molar-refractivity contribution in [1.29, 1.82) is 0 Å². The van der Waals surface area contributed by atoms with E-state index >= 15 is 0 Å². The van der Waals surface area contributed by atoms with Gasteiger partial charge in [0.2, 0.25) is 0 Å². The highest BCUT2D eigenvalue weighted by Crippen LogP contribution is 2.28. The van der Waals surface area contributed by atoms with Crippen LogP contribution < -0.4 is 5.32 Å². The molecule has 0 saturated heterocycles. The van der Waals surface area contributed by atoms with Crippen LogP contribution in [0, 0.1) is 0 Å². The number of imide groups is 1. The molecule has 1 N–H and O–H groups in total. The van der Waals surface area contributed by atoms with Crippen LogP contribution in [0.1, 0.15) is 6.42 Å². The molecule has 3 aliphatic rings. The van der Waals surface area contributed by atoms with Gasteiger partial charge in [0.05, 0.1) is 17.0 Å². The van der Waals surface area contributed by atoms with Crippen molar-refractivity contribution < 1.29 is 9.59 Å². The summed E-state index contributed by atoms with van der Waals surface area (Å²) in [5, 5.41) is 2.24. The topological polar surface area (TPSA) is 70.9 Å². The summed E-state index contributed by atoms with van der Waals surface area (Å²) in [7, 11) is 0. The highest BCUT2D eigenvalue weighted by molar-refractivity contribution is 6.26. The molecule has 2 aliphatic heterocycles. The van der Waals surface area contributed by atoms with E-state index in [2.05, 4.69) is 15.3 Å². The molecule has 7 heteroatoms. The molecule has 16 heavy (non-hydrogen) atoms. The average molecular weight is 260 g/mol. The third kappa shape index (κ3) is 1.58. The van der Waals surface area contributed by atoms with E-state index < -0.39 is 0 Å². The lowest BCUT2D eigenvalue weighted by atomic mass is 9.96. The minimum Gasteiger partial charge on any atom is -0.288 e. The summed E-state index contributed by atoms with van der Waals surface area (Å²) < 4.78 is 0. The summed E-state index contributed by atoms with van der Waals surface area (Å²) in [4.78, 5) is 30.6. The quantitative estimate of drug-likeness (QED) is 0.646. The SMILES string of the molecule is Cl.Cl.O=C1NC(=O)C2=C1C=C1N=CN=C1C2. The predicted octanol–water partition coefficient (Wildman–Crippen LogP) is 0.553. The zero-order valence-electron chi connectivity index (χ0n) is 7.89. The van der Waals surface area contributed by atoms with E-state index in [1.165, 1.54) is 6.34 Å². The molecular formula is C9H7Cl2N3O2. The fourth-order valence-electron chi connectivity index (χ4n) is 1.70. The molecule has 0 aromatic carbocycles. The van der Waals surface area contributed by atoms with Crippen LogP contribution in [0.3, 0.4) is 0 Å². The second-order valence-corrected chi connectivity index (χ2v) is 3.20. The van der Waals surface area contributed by atoms with Crippen LogP contribution in [0.25, 0.3) is 0 Å². The summed E-state index contributed by atoms with van der Waals surface area (Å²) >= 11 is 0. The Hall–Kier alpha value is -1.46. The van der Waals surface area contributed by atoms with E-state index in [1.807, 2.05) is 0 Å². The highest BCUT2D eigenvalue weighted by atomic mass is 35.5. The molecular weight excluding hydrogens is 253 g/mol. The van der Waals surface area contributed by atoms with Crippen molar-refractivity contribution >= 4 is 48.7 Å². The van der Waals surface area contributed by atoms with Crippen LogP contribution in [0.15, 0.2) is 32.9 Å². The van der Waals surface area contributed by atoms with Gasteiger partial charge in [-0.2, -0.15) is 0 Å². The number of hydrogen-bond acceptors (Lipinski definition) is 4. The van der Waals surface area contributed by atoms with Crippen molar-refractivity contribution in [2.75, 3.05) is 0 Å². The smallest absolute Gasteiger partial charge is 0.258 e. The Kier molecular flexibility index (Phi) is 3.30. The van der Waals surface area contributed by atoms with Gasteiger partial charge in [-0.05, 0) is 6.08 Å². The molecule has 0 fully saturated rings. The Bertz CT molecular complexity index is 503. The van der Waals surface area contributed by atoms with Crippen molar-refractivity contribution in [3.63, 3.8) is 0 Å². The van der Waals surface area contributed by atoms with Gasteiger partial charge >= 0.3 is 0 Å². The molecule has 84 valence electrons. The standard InChI is InChI=1S/C9H5N3O2.2ClH/c13-8-4-1-6-7(11-3-10-6)2-5(4)9(14)12-8;;/h1,3H,2H2,(H,12,13,14);2*1H. The average Bonchev–Trinajstić information content (AvgIpc) is 2.70. The van der Waals surface area contributed by atoms with E-state index in [-0.39, 0.29) is 36.6 Å². The Morgan fingerprint density at radius 3 is 2.69 bits per heavy atom. The number of nitrogens with one attached hydrogen (secondary N) is 1. The van der Waals surface area contributed by atoms with Gasteiger partial charge in [0.1, 0.15) is 6.34 Å². The third-order valence-corrected chi connectivity index (χ3v) is 2.40. The number of rotatable bonds is 0. The summed E-state index contributed by atoms with van der Waals surface area (Å²) in [6.07, 6.45) is 3.45. The minimum atomic E-state index is -0.335. The van der Waals surface area contributed by atoms with Gasteiger partial charge < -0.3 is 0 Å². The predicted molar refractivity (Wildman–Crippen MR) is 63.3 cm³/mol. The van der Waals surface area contributed by atoms with Crippen LogP contribution in [0.2, 0.25) is 0 Å². The third-order valence-electron chi connectivity index (χ3n) is 2.40. The Labute approximate surface area is 103 Å². The number of allylic oxidation sites excluding steroid dienone is 1. The van der Waals surface area contributed by atoms with Gasteiger partial charge in [-0.1, -0.05) is 0 Å². The number of carbonyl (C=O) groups excluding carboxylic acids is 2. The molecule has 2 amide bonds. The lowest BCUT2D eigenvalue weighted by Crippen LogP contribution is -2.22. The monoisotopic (exact) mass is 259 g/mol. The summed E-state index contributed by atoms with van der Waals surface area (Å²) in [6.45, 7) is 0. The van der Waals surface area contributed by atoms with E-state index in [0.717, 1.165) is 5.71 Å². The van der Waals surface area contributed by atoms with Gasteiger partial charge in [-0.3, -0.25) is 14.9 Å². The maximum atomic E-state index is 11.3. The van der Waals surface area contributed by atoms with Crippen LogP contribution in [-0.4, -0.2) is 23.9 Å². The number of aliphatic imine (C=N–C) groups is 2. The molecule has 0 radical (unpaired) electrons. The zero-order valence-corrected chi connectivity index (χ0v) is 9.52. The molecule has 0 atom stereocenters. The molecule has 0 aromatic rings. The van der Waals surface area contributed by atoms with Crippen LogP contribution >= 0.6 is 24.8 Å². The molecule has 0 aromatic heterocycles. The largest absolute Gasteiger partial charge is 0.288 e. The van der Waals surface area contributed by atoms with Gasteiger partial charge in [0.25, 0.3) is 11.8 Å². The summed E-state index contributed by atoms with van der Waals surface area (Å²) in [5.41, 5.74) is 2.38. The molecule has 0 bridgehead atoms. The minimum absolute atomic E-state index is 0. The molecule has 0 unspecified atom stereocenters. The van der Waals surface area contributed by atoms with Gasteiger partial charge in [0, 0.05) is 12.0 Å². The first-order valence-corrected chi connectivity index (χ1v) is 4.16. The fourth-order valence-corrected chi connectivity index (χ4v) is 1.70. The molecule has 0 saturated carbocycles. The first-order chi connectivity index (χ1) is 6.75. The molecule has 0 spiro atoms. The number of carbonyl (C=O) groups is 2. The number of nitrogens with zero attached hydrogens (tertiary/aromatic N) is 2. The number of hydrogen-bond donors (Lipinski definition) is 1. The Morgan fingerprint density at radius 1 is 1.19 bits per heavy atom. The number of halogens is 2. The van der Waals surface area contributed by atoms with Crippen molar-refractivity contribution in [1.82, 2.24) is 5.32 Å². The van der Waals surface area contributed by atoms with Crippen molar-refractivity contribution in [2.24, 2.45) is 9.98 Å². The van der Waals surface area contributed by atoms with Gasteiger partial charge in [0.15, 0.2) is 0 Å². The van der Waals surface area contributed by atoms with E-state index in [9.17, 15) is 9.59 Å². The highest BCUT2D eigenvalue weighted by Gasteiger charge is 2.34. The fraction of sp³-hybridized carbons (Fsp3) is 0.111. The second kappa shape index (κ2) is 4.19. The maximum absolute atomic E-state index is 11.3. The maximum Gasteiger partial charge on any atom is 0.258 e. The van der Waals surface area contributed by atoms with Crippen LogP contribution in [0.4, 0.5) is 0 Å². The normalized spacial score (nSPS) is 20.2. The van der Waals surface area contributed by atoms with Crippen molar-refractivity contribution in [3.8, 4) is 0 Å². The summed E-state index contributed by atoms with van der Waals surface area (Å²) in [5.74, 6) is -0.645. The van der Waals surface area contributed by atoms with E-state index in [4.69, 9.17) is 0 Å². The summed E-state index contributed by atoms with van der Waals surface area (Å²) in [6, 6.07) is 0. The molecule has 2 heterocycles. The Morgan fingerprint density at radius 2 is 1.94 bits per heavy atom. The van der Waals surface area contributed by atoms with E-state index in [0.29, 0.717) is 23.3 Å². The number of amides is 2. The second-order valence-electron chi connectivity index (χ2n) is 3.20. The number of fused-ring (bicyclic) bond motifs is 1. The molecule has 1 aliphatic carbocycles. The van der Waals surface area contributed by atoms with Crippen molar-refractivity contribution in [3.05, 3.63) is 22.9 Å². The molecule has 5 nitrogen and oxygen atoms in total. The van der Waals surface area contributed by atoms with E-state index in [1.54, 1.807) is 6.08 Å². The first-order valence-electron chi connectivity index (χ1n) is 4.16. The lowest BCUT2D eigenvalue weighted by Gasteiger charge is -2.07.